The highest BCUT2D eigenvalue weighted by Crippen LogP contribution is 2.68. The van der Waals surface area contributed by atoms with E-state index in [9.17, 15) is 9.59 Å². The number of benzene rings is 1. The van der Waals surface area contributed by atoms with Gasteiger partial charge in [0.2, 0.25) is 0 Å². The molecule has 0 spiro atoms. The van der Waals surface area contributed by atoms with Gasteiger partial charge in [0, 0.05) is 11.4 Å². The summed E-state index contributed by atoms with van der Waals surface area (Å²) in [6, 6.07) is 4.55. The fourth-order valence-electron chi connectivity index (χ4n) is 10.4. The second-order valence-electron chi connectivity index (χ2n) is 14.5. The molecule has 0 heterocycles. The van der Waals surface area contributed by atoms with Gasteiger partial charge in [-0.3, -0.25) is 4.79 Å². The van der Waals surface area contributed by atoms with Crippen molar-refractivity contribution in [2.45, 2.75) is 111 Å². The predicted octanol–water partition coefficient (Wildman–Crippen LogP) is 8.03. The van der Waals surface area contributed by atoms with Gasteiger partial charge in [-0.25, -0.2) is 4.79 Å². The number of esters is 2. The number of carbonyl (C=O) groups excluding carboxylic acids is 2. The molecule has 4 aliphatic carbocycles. The standard InChI is InChI=1S/C34H52N2O3/c1-21(8-7-9-22(2)31(37)39-32(38)23-18-25(35)20-26(36)19-23)28-13-14-29-27-12-11-24-10-5-6-16-33(24,3)30(27)15-17-34(28,29)4/h18-22,24,27-30H,5-17,35-36H2,1-4H3/t21?,22?,24?,27-,28+,29-,30-,33-,34+/m0/s1. The monoisotopic (exact) mass is 536 g/mol. The number of carbonyl (C=O) groups is 2. The normalized spacial score (nSPS) is 37.2. The van der Waals surface area contributed by atoms with Crippen molar-refractivity contribution in [3.05, 3.63) is 23.8 Å². The first-order valence-electron chi connectivity index (χ1n) is 15.9. The summed E-state index contributed by atoms with van der Waals surface area (Å²) in [6.45, 7) is 9.65. The minimum Gasteiger partial charge on any atom is -0.399 e. The zero-order chi connectivity index (χ0) is 27.9. The van der Waals surface area contributed by atoms with E-state index in [1.165, 1.54) is 76.3 Å². The first-order chi connectivity index (χ1) is 18.5. The van der Waals surface area contributed by atoms with E-state index in [-0.39, 0.29) is 11.5 Å². The molecule has 1 aromatic carbocycles. The van der Waals surface area contributed by atoms with Crippen molar-refractivity contribution in [1.29, 1.82) is 0 Å². The Morgan fingerprint density at radius 3 is 2.33 bits per heavy atom. The van der Waals surface area contributed by atoms with Crippen LogP contribution in [0, 0.1) is 52.3 Å². The molecule has 4 N–H and O–H groups in total. The SMILES string of the molecule is CC(CCCC(C)[C@H]1CC[C@H]2[C@@H]3CCC4CCCC[C@]4(C)[C@H]3CC[C@]12C)C(=O)OC(=O)c1cc(N)cc(N)c1. The van der Waals surface area contributed by atoms with E-state index in [1.54, 1.807) is 6.07 Å². The molecule has 4 aliphatic rings. The van der Waals surface area contributed by atoms with E-state index in [0.717, 1.165) is 48.9 Å². The number of fused-ring (bicyclic) bond motifs is 5. The van der Waals surface area contributed by atoms with Crippen LogP contribution in [0.15, 0.2) is 18.2 Å². The van der Waals surface area contributed by atoms with Crippen molar-refractivity contribution < 1.29 is 14.3 Å². The number of hydrogen-bond donors (Lipinski definition) is 2. The number of ether oxygens (including phenoxy) is 1. The molecule has 216 valence electrons. The van der Waals surface area contributed by atoms with Gasteiger partial charge in [-0.2, -0.15) is 0 Å². The van der Waals surface area contributed by atoms with Crippen molar-refractivity contribution >= 4 is 23.3 Å². The maximum atomic E-state index is 12.6. The first-order valence-corrected chi connectivity index (χ1v) is 15.9. The van der Waals surface area contributed by atoms with E-state index in [0.29, 0.717) is 28.1 Å². The zero-order valence-electron chi connectivity index (χ0n) is 24.8. The molecule has 5 rings (SSSR count). The number of nitrogens with two attached hydrogens (primary N) is 2. The molecule has 4 saturated carbocycles. The van der Waals surface area contributed by atoms with Gasteiger partial charge in [-0.05, 0) is 122 Å². The average molecular weight is 537 g/mol. The molecule has 1 aromatic rings. The van der Waals surface area contributed by atoms with Gasteiger partial charge >= 0.3 is 11.9 Å². The molecule has 0 saturated heterocycles. The summed E-state index contributed by atoms with van der Waals surface area (Å²) in [5.74, 6) is 3.79. The Bertz CT molecular complexity index is 1050. The Balaban J connectivity index is 1.13. The Morgan fingerprint density at radius 2 is 1.59 bits per heavy atom. The van der Waals surface area contributed by atoms with Crippen LogP contribution in [-0.4, -0.2) is 11.9 Å². The summed E-state index contributed by atoms with van der Waals surface area (Å²) < 4.78 is 5.16. The van der Waals surface area contributed by atoms with Crippen molar-refractivity contribution in [1.82, 2.24) is 0 Å². The Kier molecular flexibility index (Phi) is 8.10. The van der Waals surface area contributed by atoms with Gasteiger partial charge in [-0.15, -0.1) is 0 Å². The van der Waals surface area contributed by atoms with E-state index in [2.05, 4.69) is 20.8 Å². The fourth-order valence-corrected chi connectivity index (χ4v) is 10.4. The summed E-state index contributed by atoms with van der Waals surface area (Å²) in [7, 11) is 0. The van der Waals surface area contributed by atoms with Crippen LogP contribution in [0.2, 0.25) is 0 Å². The highest BCUT2D eigenvalue weighted by molar-refractivity contribution is 5.98. The summed E-state index contributed by atoms with van der Waals surface area (Å²) in [4.78, 5) is 25.1. The fraction of sp³-hybridized carbons (Fsp3) is 0.765. The highest BCUT2D eigenvalue weighted by atomic mass is 16.6. The lowest BCUT2D eigenvalue weighted by Gasteiger charge is -2.61. The second kappa shape index (κ2) is 11.1. The third-order valence-corrected chi connectivity index (χ3v) is 12.4. The molecule has 0 aromatic heterocycles. The summed E-state index contributed by atoms with van der Waals surface area (Å²) in [5, 5.41) is 0. The zero-order valence-corrected chi connectivity index (χ0v) is 24.8. The third kappa shape index (κ3) is 5.36. The van der Waals surface area contributed by atoms with E-state index >= 15 is 0 Å². The number of hydrogen-bond acceptors (Lipinski definition) is 5. The Hall–Kier alpha value is -2.04. The average Bonchev–Trinajstić information content (AvgIpc) is 3.25. The molecule has 9 atom stereocenters. The minimum absolute atomic E-state index is 0.214. The Morgan fingerprint density at radius 1 is 0.872 bits per heavy atom. The topological polar surface area (TPSA) is 95.4 Å². The first kappa shape index (κ1) is 28.5. The van der Waals surface area contributed by atoms with Crippen LogP contribution < -0.4 is 11.5 Å². The molecule has 3 unspecified atom stereocenters. The van der Waals surface area contributed by atoms with Crippen LogP contribution in [0.5, 0.6) is 0 Å². The lowest BCUT2D eigenvalue weighted by atomic mass is 9.44. The lowest BCUT2D eigenvalue weighted by Crippen LogP contribution is -2.53. The van der Waals surface area contributed by atoms with Gasteiger partial charge in [-0.1, -0.05) is 53.4 Å². The molecule has 5 nitrogen and oxygen atoms in total. The molecule has 4 fully saturated rings. The largest absolute Gasteiger partial charge is 0.399 e. The number of nitrogen functional groups attached to an aromatic ring is 2. The van der Waals surface area contributed by atoms with Crippen LogP contribution in [0.1, 0.15) is 122 Å². The van der Waals surface area contributed by atoms with Crippen LogP contribution in [-0.2, 0) is 9.53 Å². The van der Waals surface area contributed by atoms with Gasteiger partial charge in [0.25, 0.3) is 0 Å². The van der Waals surface area contributed by atoms with Crippen LogP contribution in [0.3, 0.4) is 0 Å². The predicted molar refractivity (Wildman–Crippen MR) is 158 cm³/mol. The van der Waals surface area contributed by atoms with Crippen LogP contribution in [0.25, 0.3) is 0 Å². The molecule has 0 aliphatic heterocycles. The molecule has 0 amide bonds. The van der Waals surface area contributed by atoms with Gasteiger partial charge < -0.3 is 16.2 Å². The smallest absolute Gasteiger partial charge is 0.345 e. The minimum atomic E-state index is -0.684. The van der Waals surface area contributed by atoms with Crippen molar-refractivity contribution in [3.63, 3.8) is 0 Å². The van der Waals surface area contributed by atoms with Gasteiger partial charge in [0.15, 0.2) is 0 Å². The molecule has 39 heavy (non-hydrogen) atoms. The summed E-state index contributed by atoms with van der Waals surface area (Å²) in [6.07, 6.45) is 17.4. The quantitative estimate of drug-likeness (QED) is 0.209. The molecule has 0 bridgehead atoms. The van der Waals surface area contributed by atoms with Crippen LogP contribution in [0.4, 0.5) is 11.4 Å². The molecular formula is C34H52N2O3. The second-order valence-corrected chi connectivity index (χ2v) is 14.5. The molecule has 5 heteroatoms. The number of anilines is 2. The van der Waals surface area contributed by atoms with Crippen molar-refractivity contribution in [3.8, 4) is 0 Å². The highest BCUT2D eigenvalue weighted by Gasteiger charge is 2.60. The van der Waals surface area contributed by atoms with Crippen LogP contribution >= 0.6 is 0 Å². The van der Waals surface area contributed by atoms with E-state index in [1.807, 2.05) is 6.92 Å². The van der Waals surface area contributed by atoms with Crippen molar-refractivity contribution in [2.75, 3.05) is 11.5 Å². The van der Waals surface area contributed by atoms with Gasteiger partial charge in [0.1, 0.15) is 0 Å². The molecular weight excluding hydrogens is 484 g/mol. The Labute approximate surface area is 236 Å². The van der Waals surface area contributed by atoms with E-state index < -0.39 is 11.9 Å². The molecule has 0 radical (unpaired) electrons. The van der Waals surface area contributed by atoms with E-state index in [4.69, 9.17) is 16.2 Å². The number of rotatable bonds is 7. The summed E-state index contributed by atoms with van der Waals surface area (Å²) >= 11 is 0. The maximum Gasteiger partial charge on any atom is 0.345 e. The maximum absolute atomic E-state index is 12.6. The third-order valence-electron chi connectivity index (χ3n) is 12.4. The lowest BCUT2D eigenvalue weighted by molar-refractivity contribution is -0.142. The summed E-state index contributed by atoms with van der Waals surface area (Å²) in [5.41, 5.74) is 13.6. The van der Waals surface area contributed by atoms with Gasteiger partial charge in [0.05, 0.1) is 11.5 Å². The van der Waals surface area contributed by atoms with Crippen molar-refractivity contribution in [2.24, 2.45) is 52.3 Å².